The van der Waals surface area contributed by atoms with Crippen LogP contribution in [0.4, 0.5) is 5.69 Å². The Kier molecular flexibility index (Phi) is 4.50. The van der Waals surface area contributed by atoms with Gasteiger partial charge in [0.25, 0.3) is 0 Å². The van der Waals surface area contributed by atoms with Crippen LogP contribution >= 0.6 is 12.2 Å². The van der Waals surface area contributed by atoms with Gasteiger partial charge in [0.05, 0.1) is 6.54 Å². The Balaban J connectivity index is 1.90. The predicted octanol–water partition coefficient (Wildman–Crippen LogP) is 1.74. The number of nitrogens with zero attached hydrogens (tertiary/aromatic N) is 1. The molecule has 1 aromatic carbocycles. The number of benzene rings is 1. The summed E-state index contributed by atoms with van der Waals surface area (Å²) in [7, 11) is 1.99. The van der Waals surface area contributed by atoms with Crippen LogP contribution in [-0.4, -0.2) is 35.4 Å². The Bertz CT molecular complexity index is 485. The highest BCUT2D eigenvalue weighted by Crippen LogP contribution is 2.23. The molecule has 19 heavy (non-hydrogen) atoms. The van der Waals surface area contributed by atoms with E-state index in [1.54, 1.807) is 6.07 Å². The van der Waals surface area contributed by atoms with Crippen molar-refractivity contribution >= 4 is 28.8 Å². The highest BCUT2D eigenvalue weighted by atomic mass is 32.1. The van der Waals surface area contributed by atoms with E-state index >= 15 is 0 Å². The van der Waals surface area contributed by atoms with Crippen LogP contribution in [0.5, 0.6) is 0 Å². The molecule has 102 valence electrons. The number of likely N-dealkylation sites (N-methyl/N-ethyl adjacent to an activating group) is 1. The van der Waals surface area contributed by atoms with Crippen molar-refractivity contribution in [1.82, 2.24) is 4.90 Å². The van der Waals surface area contributed by atoms with Gasteiger partial charge in [0, 0.05) is 17.3 Å². The van der Waals surface area contributed by atoms with Crippen LogP contribution in [0.2, 0.25) is 0 Å². The molecular formula is C14H19N3OS. The molecule has 0 radical (unpaired) electrons. The van der Waals surface area contributed by atoms with Crippen molar-refractivity contribution in [2.45, 2.75) is 25.3 Å². The van der Waals surface area contributed by atoms with E-state index in [0.717, 1.165) is 11.3 Å². The number of thiocarbonyl (C=S) groups is 1. The van der Waals surface area contributed by atoms with Crippen LogP contribution < -0.4 is 11.1 Å². The standard InChI is InChI=1S/C14H19N3OS/c1-17(12-6-3-7-12)9-13(18)16-11-5-2-4-10(8-11)14(15)19/h2,4-5,8,12H,3,6-7,9H2,1H3,(H2,15,19)(H,16,18). The van der Waals surface area contributed by atoms with E-state index in [-0.39, 0.29) is 5.91 Å². The number of nitrogens with one attached hydrogen (secondary N) is 1. The Hall–Kier alpha value is -1.46. The van der Waals surface area contributed by atoms with Gasteiger partial charge in [0.15, 0.2) is 0 Å². The Labute approximate surface area is 119 Å². The molecule has 1 aromatic rings. The third-order valence-corrected chi connectivity index (χ3v) is 3.76. The molecule has 0 saturated heterocycles. The minimum absolute atomic E-state index is 0.00510. The molecular weight excluding hydrogens is 258 g/mol. The number of carbonyl (C=O) groups excluding carboxylic acids is 1. The fourth-order valence-corrected chi connectivity index (χ4v) is 2.26. The largest absolute Gasteiger partial charge is 0.389 e. The molecule has 0 atom stereocenters. The summed E-state index contributed by atoms with van der Waals surface area (Å²) in [6, 6.07) is 7.86. The zero-order valence-electron chi connectivity index (χ0n) is 11.1. The number of carbonyl (C=O) groups is 1. The molecule has 2 rings (SSSR count). The fraction of sp³-hybridized carbons (Fsp3) is 0.429. The summed E-state index contributed by atoms with van der Waals surface area (Å²) in [6.45, 7) is 0.419. The van der Waals surface area contributed by atoms with E-state index in [0.29, 0.717) is 17.6 Å². The lowest BCUT2D eigenvalue weighted by Gasteiger charge is -2.34. The molecule has 4 nitrogen and oxygen atoms in total. The lowest BCUT2D eigenvalue weighted by Crippen LogP contribution is -2.41. The first kappa shape index (κ1) is 14.0. The maximum atomic E-state index is 11.9. The van der Waals surface area contributed by atoms with Crippen molar-refractivity contribution in [3.05, 3.63) is 29.8 Å². The van der Waals surface area contributed by atoms with E-state index < -0.39 is 0 Å². The zero-order chi connectivity index (χ0) is 13.8. The fourth-order valence-electron chi connectivity index (χ4n) is 2.13. The average molecular weight is 277 g/mol. The maximum absolute atomic E-state index is 11.9. The topological polar surface area (TPSA) is 58.4 Å². The second-order valence-electron chi connectivity index (χ2n) is 4.99. The van der Waals surface area contributed by atoms with E-state index in [1.807, 2.05) is 25.2 Å². The van der Waals surface area contributed by atoms with E-state index in [2.05, 4.69) is 10.2 Å². The Morgan fingerprint density at radius 3 is 2.84 bits per heavy atom. The molecule has 0 unspecified atom stereocenters. The van der Waals surface area contributed by atoms with Crippen molar-refractivity contribution in [2.24, 2.45) is 5.73 Å². The summed E-state index contributed by atoms with van der Waals surface area (Å²) in [5.74, 6) is -0.00510. The summed E-state index contributed by atoms with van der Waals surface area (Å²) >= 11 is 4.92. The van der Waals surface area contributed by atoms with Crippen LogP contribution in [0.25, 0.3) is 0 Å². The third-order valence-electron chi connectivity index (χ3n) is 3.52. The first-order valence-corrected chi connectivity index (χ1v) is 6.87. The van der Waals surface area contributed by atoms with Crippen LogP contribution in [0.15, 0.2) is 24.3 Å². The van der Waals surface area contributed by atoms with E-state index in [4.69, 9.17) is 18.0 Å². The molecule has 0 spiro atoms. The summed E-state index contributed by atoms with van der Waals surface area (Å²) in [5, 5.41) is 2.88. The van der Waals surface area contributed by atoms with Crippen molar-refractivity contribution in [3.63, 3.8) is 0 Å². The molecule has 1 aliphatic rings. The second kappa shape index (κ2) is 6.12. The van der Waals surface area contributed by atoms with Crippen LogP contribution in [0.1, 0.15) is 24.8 Å². The molecule has 1 amide bonds. The Morgan fingerprint density at radius 2 is 2.26 bits per heavy atom. The van der Waals surface area contributed by atoms with Gasteiger partial charge in [0.2, 0.25) is 5.91 Å². The molecule has 1 saturated carbocycles. The monoisotopic (exact) mass is 277 g/mol. The first-order chi connectivity index (χ1) is 9.06. The smallest absolute Gasteiger partial charge is 0.238 e. The number of nitrogens with two attached hydrogens (primary N) is 1. The highest BCUT2D eigenvalue weighted by Gasteiger charge is 2.23. The van der Waals surface area contributed by atoms with E-state index in [9.17, 15) is 4.79 Å². The maximum Gasteiger partial charge on any atom is 0.238 e. The molecule has 1 fully saturated rings. The molecule has 0 bridgehead atoms. The normalized spacial score (nSPS) is 15.1. The summed E-state index contributed by atoms with van der Waals surface area (Å²) in [5.41, 5.74) is 7.07. The molecule has 5 heteroatoms. The van der Waals surface area contributed by atoms with Crippen molar-refractivity contribution < 1.29 is 4.79 Å². The highest BCUT2D eigenvalue weighted by molar-refractivity contribution is 7.80. The predicted molar refractivity (Wildman–Crippen MR) is 81.2 cm³/mol. The average Bonchev–Trinajstić information content (AvgIpc) is 2.26. The number of rotatable bonds is 5. The van der Waals surface area contributed by atoms with Gasteiger partial charge < -0.3 is 11.1 Å². The van der Waals surface area contributed by atoms with Crippen LogP contribution in [0.3, 0.4) is 0 Å². The summed E-state index contributed by atoms with van der Waals surface area (Å²) in [4.78, 5) is 14.4. The van der Waals surface area contributed by atoms with Crippen molar-refractivity contribution in [1.29, 1.82) is 0 Å². The third kappa shape index (κ3) is 3.75. The zero-order valence-corrected chi connectivity index (χ0v) is 11.9. The minimum atomic E-state index is -0.00510. The van der Waals surface area contributed by atoms with Gasteiger partial charge >= 0.3 is 0 Å². The summed E-state index contributed by atoms with van der Waals surface area (Å²) < 4.78 is 0. The molecule has 3 N–H and O–H groups in total. The molecule has 0 aliphatic heterocycles. The van der Waals surface area contributed by atoms with Crippen LogP contribution in [0, 0.1) is 0 Å². The lowest BCUT2D eigenvalue weighted by molar-refractivity contribution is -0.117. The number of anilines is 1. The van der Waals surface area contributed by atoms with Crippen molar-refractivity contribution in [3.8, 4) is 0 Å². The SMILES string of the molecule is CN(CC(=O)Nc1cccc(C(N)=S)c1)C1CCC1. The molecule has 1 aliphatic carbocycles. The van der Waals surface area contributed by atoms with Gasteiger partial charge in [-0.15, -0.1) is 0 Å². The minimum Gasteiger partial charge on any atom is -0.389 e. The van der Waals surface area contributed by atoms with Gasteiger partial charge in [0.1, 0.15) is 4.99 Å². The molecule has 0 aromatic heterocycles. The van der Waals surface area contributed by atoms with Gasteiger partial charge in [-0.1, -0.05) is 30.8 Å². The van der Waals surface area contributed by atoms with Crippen molar-refractivity contribution in [2.75, 3.05) is 18.9 Å². The van der Waals surface area contributed by atoms with Gasteiger partial charge in [-0.3, -0.25) is 9.69 Å². The second-order valence-corrected chi connectivity index (χ2v) is 5.43. The van der Waals surface area contributed by atoms with Gasteiger partial charge in [-0.25, -0.2) is 0 Å². The number of hydrogen-bond donors (Lipinski definition) is 2. The Morgan fingerprint density at radius 1 is 1.53 bits per heavy atom. The first-order valence-electron chi connectivity index (χ1n) is 6.46. The molecule has 0 heterocycles. The number of hydrogen-bond acceptors (Lipinski definition) is 3. The number of amides is 1. The summed E-state index contributed by atoms with van der Waals surface area (Å²) in [6.07, 6.45) is 3.66. The quantitative estimate of drug-likeness (QED) is 0.805. The van der Waals surface area contributed by atoms with Crippen LogP contribution in [-0.2, 0) is 4.79 Å². The van der Waals surface area contributed by atoms with Gasteiger partial charge in [-0.05, 0) is 32.0 Å². The van der Waals surface area contributed by atoms with E-state index in [1.165, 1.54) is 19.3 Å². The van der Waals surface area contributed by atoms with Gasteiger partial charge in [-0.2, -0.15) is 0 Å². The lowest BCUT2D eigenvalue weighted by atomic mass is 9.92.